The van der Waals surface area contributed by atoms with E-state index in [1.807, 2.05) is 41.5 Å². The molecule has 4 fully saturated rings. The molecule has 2 amide bonds. The molecule has 10 heteroatoms. The molecule has 4 aliphatic heterocycles. The van der Waals surface area contributed by atoms with Crippen LogP contribution in [0.25, 0.3) is 0 Å². The Bertz CT molecular complexity index is 887. The van der Waals surface area contributed by atoms with E-state index in [1.54, 1.807) is 6.82 Å². The van der Waals surface area contributed by atoms with E-state index < -0.39 is 7.05 Å². The first-order valence-corrected chi connectivity index (χ1v) is 14.8. The predicted octanol–water partition coefficient (Wildman–Crippen LogP) is 3.29. The number of hydrogen-bond acceptors (Lipinski definition) is 7. The molecule has 0 aromatic heterocycles. The van der Waals surface area contributed by atoms with Crippen molar-refractivity contribution >= 4 is 30.8 Å². The van der Waals surface area contributed by atoms with E-state index in [4.69, 9.17) is 9.47 Å². The first-order valence-electron chi connectivity index (χ1n) is 14.8. The Morgan fingerprint density at radius 1 is 0.718 bits per heavy atom. The van der Waals surface area contributed by atoms with E-state index in [0.717, 1.165) is 12.8 Å². The molecule has 4 saturated heterocycles. The molecule has 0 unspecified atom stereocenters. The van der Waals surface area contributed by atoms with E-state index >= 15 is 0 Å². The second kappa shape index (κ2) is 12.6. The second-order valence-corrected chi connectivity index (χ2v) is 13.4. The summed E-state index contributed by atoms with van der Waals surface area (Å²) in [7, 11) is -0.844. The molecular formula is C29H49BN2O7. The highest BCUT2D eigenvalue weighted by Crippen LogP contribution is 2.39. The molecule has 0 aromatic rings. The number of esters is 2. The van der Waals surface area contributed by atoms with E-state index in [-0.39, 0.29) is 83.6 Å². The normalized spacial score (nSPS) is 34.7. The summed E-state index contributed by atoms with van der Waals surface area (Å²) in [5, 5.41) is 12.9. The Morgan fingerprint density at radius 2 is 1.18 bits per heavy atom. The molecule has 0 spiro atoms. The lowest BCUT2D eigenvalue weighted by Gasteiger charge is -2.29. The average Bonchev–Trinajstić information content (AvgIpc) is 3.57. The minimum atomic E-state index is -0.844. The zero-order chi connectivity index (χ0) is 29.3. The van der Waals surface area contributed by atoms with Gasteiger partial charge in [-0.2, -0.15) is 0 Å². The summed E-state index contributed by atoms with van der Waals surface area (Å²) in [6, 6.07) is -0.185. The lowest BCUT2D eigenvalue weighted by atomic mass is 9.82. The van der Waals surface area contributed by atoms with Crippen molar-refractivity contribution in [3.8, 4) is 0 Å². The maximum Gasteiger partial charge on any atom is 0.412 e. The number of rotatable bonds is 7. The van der Waals surface area contributed by atoms with Gasteiger partial charge in [0.05, 0.1) is 23.9 Å². The molecule has 4 aliphatic rings. The Morgan fingerprint density at radius 3 is 1.59 bits per heavy atom. The molecule has 2 N–H and O–H groups in total. The van der Waals surface area contributed by atoms with Crippen molar-refractivity contribution in [3.05, 3.63) is 0 Å². The van der Waals surface area contributed by atoms with Gasteiger partial charge in [0.25, 0.3) is 0 Å². The number of nitrogens with one attached hydrogen (secondary N) is 1. The SMILES string of the molecule is CB(O)N1C(=O)[C@H](C(C)C)C[C@H]1[C@@H]1C[C@@H](C(C)C)C(=O)O1.CC(C)[C@@H]1C[C@@H]([C@@H]2C[C@@H](C(C)C)C(=O)O2)NC1=O. The standard InChI is InChI=1S/C15H26BNO4.C14H23NO3/c1-8(2)10-6-12(17(14(10)18)16(5)20)13-7-11(9(3)4)15(19)21-13;1-7(2)9-5-11(15-13(9)16)12-6-10(8(3)4)14(17)18-12/h8-13,20H,6-7H2,1-5H3;7-12H,5-6H2,1-4H3,(H,15,16)/t10-,11-,12-,13-;9-,10-,11-,12-/m00/s1. The zero-order valence-corrected chi connectivity index (χ0v) is 25.2. The summed E-state index contributed by atoms with van der Waals surface area (Å²) in [6.07, 6.45) is 2.42. The van der Waals surface area contributed by atoms with Gasteiger partial charge in [0.1, 0.15) is 12.2 Å². The van der Waals surface area contributed by atoms with Crippen LogP contribution in [0.5, 0.6) is 0 Å². The smallest absolute Gasteiger partial charge is 0.412 e. The van der Waals surface area contributed by atoms with Gasteiger partial charge < -0.3 is 24.6 Å². The van der Waals surface area contributed by atoms with Crippen LogP contribution in [0.1, 0.15) is 81.1 Å². The van der Waals surface area contributed by atoms with Crippen molar-refractivity contribution in [2.45, 2.75) is 112 Å². The Balaban J connectivity index is 0.000000218. The van der Waals surface area contributed by atoms with Crippen molar-refractivity contribution in [2.24, 2.45) is 47.3 Å². The number of nitrogens with zero attached hydrogens (tertiary/aromatic N) is 1. The van der Waals surface area contributed by atoms with Crippen molar-refractivity contribution in [3.63, 3.8) is 0 Å². The zero-order valence-electron chi connectivity index (χ0n) is 25.2. The third-order valence-electron chi connectivity index (χ3n) is 9.21. The molecule has 0 bridgehead atoms. The molecular weight excluding hydrogens is 499 g/mol. The first-order chi connectivity index (χ1) is 18.1. The number of hydrogen-bond donors (Lipinski definition) is 2. The Hall–Kier alpha value is -2.10. The summed E-state index contributed by atoms with van der Waals surface area (Å²) in [5.41, 5.74) is 0. The van der Waals surface area contributed by atoms with Gasteiger partial charge >= 0.3 is 19.0 Å². The van der Waals surface area contributed by atoms with Crippen LogP contribution in [-0.2, 0) is 28.7 Å². The molecule has 0 saturated carbocycles. The number of carbonyl (C=O) groups excluding carboxylic acids is 4. The second-order valence-electron chi connectivity index (χ2n) is 13.4. The third kappa shape index (κ3) is 6.80. The van der Waals surface area contributed by atoms with Gasteiger partial charge in [-0.25, -0.2) is 0 Å². The maximum atomic E-state index is 12.5. The highest BCUT2D eigenvalue weighted by atomic mass is 16.6. The summed E-state index contributed by atoms with van der Waals surface area (Å²) < 4.78 is 11.0. The van der Waals surface area contributed by atoms with Crippen LogP contribution in [0.15, 0.2) is 0 Å². The molecule has 4 heterocycles. The lowest BCUT2D eigenvalue weighted by Crippen LogP contribution is -2.49. The maximum absolute atomic E-state index is 12.5. The number of cyclic esters (lactones) is 2. The van der Waals surface area contributed by atoms with Gasteiger partial charge in [0.15, 0.2) is 0 Å². The summed E-state index contributed by atoms with van der Waals surface area (Å²) >= 11 is 0. The Labute approximate surface area is 234 Å². The molecule has 39 heavy (non-hydrogen) atoms. The summed E-state index contributed by atoms with van der Waals surface area (Å²) in [5.74, 6) is 0.791. The molecule has 9 nitrogen and oxygen atoms in total. The summed E-state index contributed by atoms with van der Waals surface area (Å²) in [6.45, 7) is 17.9. The average molecular weight is 549 g/mol. The van der Waals surface area contributed by atoms with Gasteiger partial charge in [-0.15, -0.1) is 0 Å². The largest absolute Gasteiger partial charge is 0.460 e. The molecule has 0 aliphatic carbocycles. The lowest BCUT2D eigenvalue weighted by molar-refractivity contribution is -0.147. The van der Waals surface area contributed by atoms with Crippen LogP contribution in [-0.4, -0.2) is 64.9 Å². The fourth-order valence-corrected chi connectivity index (χ4v) is 6.56. The highest BCUT2D eigenvalue weighted by molar-refractivity contribution is 6.49. The van der Waals surface area contributed by atoms with Crippen LogP contribution < -0.4 is 5.32 Å². The van der Waals surface area contributed by atoms with Crippen LogP contribution in [0, 0.1) is 47.3 Å². The van der Waals surface area contributed by atoms with Crippen molar-refractivity contribution in [1.29, 1.82) is 0 Å². The van der Waals surface area contributed by atoms with Crippen molar-refractivity contribution in [1.82, 2.24) is 10.1 Å². The fraction of sp³-hybridized carbons (Fsp3) is 0.862. The van der Waals surface area contributed by atoms with Gasteiger partial charge in [-0.05, 0) is 56.2 Å². The van der Waals surface area contributed by atoms with E-state index in [2.05, 4.69) is 19.2 Å². The highest BCUT2D eigenvalue weighted by Gasteiger charge is 2.51. The van der Waals surface area contributed by atoms with E-state index in [1.165, 1.54) is 4.81 Å². The van der Waals surface area contributed by atoms with Crippen molar-refractivity contribution in [2.75, 3.05) is 0 Å². The molecule has 8 atom stereocenters. The number of amides is 2. The first kappa shape index (κ1) is 31.4. The van der Waals surface area contributed by atoms with Crippen LogP contribution >= 0.6 is 0 Å². The van der Waals surface area contributed by atoms with Gasteiger partial charge in [0, 0.05) is 11.8 Å². The quantitative estimate of drug-likeness (QED) is 0.370. The van der Waals surface area contributed by atoms with Gasteiger partial charge in [0.2, 0.25) is 11.8 Å². The Kier molecular flexibility index (Phi) is 10.2. The monoisotopic (exact) mass is 548 g/mol. The molecule has 220 valence electrons. The number of carbonyl (C=O) groups is 4. The topological polar surface area (TPSA) is 122 Å². The molecule has 0 aromatic carbocycles. The minimum Gasteiger partial charge on any atom is -0.460 e. The molecule has 0 radical (unpaired) electrons. The van der Waals surface area contributed by atoms with E-state index in [9.17, 15) is 24.2 Å². The van der Waals surface area contributed by atoms with Crippen molar-refractivity contribution < 1.29 is 33.7 Å². The van der Waals surface area contributed by atoms with Gasteiger partial charge in [-0.1, -0.05) is 55.4 Å². The van der Waals surface area contributed by atoms with E-state index in [0.29, 0.717) is 24.7 Å². The fourth-order valence-electron chi connectivity index (χ4n) is 6.56. The van der Waals surface area contributed by atoms with Gasteiger partial charge in [-0.3, -0.25) is 19.2 Å². The minimum absolute atomic E-state index is 0.00926. The van der Waals surface area contributed by atoms with Crippen LogP contribution in [0.2, 0.25) is 6.82 Å². The number of ether oxygens (including phenoxy) is 2. The van der Waals surface area contributed by atoms with Crippen LogP contribution in [0.3, 0.4) is 0 Å². The molecule has 4 rings (SSSR count). The third-order valence-corrected chi connectivity index (χ3v) is 9.21. The predicted molar refractivity (Wildman–Crippen MR) is 148 cm³/mol. The summed E-state index contributed by atoms with van der Waals surface area (Å²) in [4.78, 5) is 49.5. The van der Waals surface area contributed by atoms with Crippen LogP contribution in [0.4, 0.5) is 0 Å².